The van der Waals surface area contributed by atoms with Crippen LogP contribution in [0.1, 0.15) is 32.0 Å². The van der Waals surface area contributed by atoms with Crippen LogP contribution in [0.4, 0.5) is 10.3 Å². The molecule has 0 fully saturated rings. The largest absolute Gasteiger partial charge is 0.357 e. The molecular formula is C21H23FN4O. The molecule has 0 spiro atoms. The zero-order chi connectivity index (χ0) is 19.4. The van der Waals surface area contributed by atoms with Gasteiger partial charge in [0.05, 0.1) is 5.69 Å². The van der Waals surface area contributed by atoms with Crippen LogP contribution in [0.5, 0.6) is 0 Å². The average molecular weight is 366 g/mol. The molecule has 1 aromatic heterocycles. The van der Waals surface area contributed by atoms with E-state index in [2.05, 4.69) is 15.8 Å². The molecule has 27 heavy (non-hydrogen) atoms. The van der Waals surface area contributed by atoms with Crippen molar-refractivity contribution in [1.29, 1.82) is 5.41 Å². The van der Waals surface area contributed by atoms with E-state index in [0.717, 1.165) is 16.8 Å². The Bertz CT molecular complexity index is 931. The molecule has 0 unspecified atom stereocenters. The number of halogens is 1. The number of nitrogens with zero attached hydrogens (tertiary/aromatic N) is 1. The first-order valence-corrected chi connectivity index (χ1v) is 8.84. The third kappa shape index (κ3) is 4.00. The number of nitrogens with one attached hydrogen (secondary N) is 3. The fourth-order valence-corrected chi connectivity index (χ4v) is 2.88. The second-order valence-electron chi connectivity index (χ2n) is 6.79. The van der Waals surface area contributed by atoms with Crippen LogP contribution >= 0.6 is 0 Å². The summed E-state index contributed by atoms with van der Waals surface area (Å²) in [7, 11) is 0. The molecule has 0 aliphatic heterocycles. The lowest BCUT2D eigenvalue weighted by Crippen LogP contribution is -2.28. The first kappa shape index (κ1) is 18.6. The summed E-state index contributed by atoms with van der Waals surface area (Å²) in [4.78, 5) is 0. The number of guanidine groups is 1. The van der Waals surface area contributed by atoms with Crippen LogP contribution in [0, 0.1) is 11.2 Å². The van der Waals surface area contributed by atoms with Crippen molar-refractivity contribution >= 4 is 11.8 Å². The summed E-state index contributed by atoms with van der Waals surface area (Å²) in [5.41, 5.74) is 2.78. The van der Waals surface area contributed by atoms with E-state index >= 15 is 0 Å². The molecule has 3 rings (SSSR count). The highest BCUT2D eigenvalue weighted by molar-refractivity contribution is 5.89. The minimum Gasteiger partial charge on any atom is -0.357 e. The summed E-state index contributed by atoms with van der Waals surface area (Å²) in [5.74, 6) is 0.333. The summed E-state index contributed by atoms with van der Waals surface area (Å²) >= 11 is 0. The maximum atomic E-state index is 14.0. The van der Waals surface area contributed by atoms with Crippen LogP contribution in [-0.2, 0) is 5.41 Å². The average Bonchev–Trinajstić information content (AvgIpc) is 3.12. The maximum absolute atomic E-state index is 14.0. The summed E-state index contributed by atoms with van der Waals surface area (Å²) in [5, 5.41) is 17.6. The van der Waals surface area contributed by atoms with Gasteiger partial charge in [-0.3, -0.25) is 10.7 Å². The van der Waals surface area contributed by atoms with Gasteiger partial charge in [-0.05, 0) is 24.1 Å². The Morgan fingerprint density at radius 2 is 1.85 bits per heavy atom. The van der Waals surface area contributed by atoms with Crippen molar-refractivity contribution in [2.75, 3.05) is 11.9 Å². The van der Waals surface area contributed by atoms with Gasteiger partial charge in [0, 0.05) is 23.6 Å². The van der Waals surface area contributed by atoms with Crippen LogP contribution in [0.2, 0.25) is 0 Å². The summed E-state index contributed by atoms with van der Waals surface area (Å²) in [6.07, 6.45) is 0. The van der Waals surface area contributed by atoms with Crippen molar-refractivity contribution in [1.82, 2.24) is 10.5 Å². The molecule has 5 nitrogen and oxygen atoms in total. The fourth-order valence-electron chi connectivity index (χ4n) is 2.88. The Morgan fingerprint density at radius 3 is 2.52 bits per heavy atom. The van der Waals surface area contributed by atoms with Gasteiger partial charge in [0.15, 0.2) is 5.96 Å². The second kappa shape index (κ2) is 7.61. The van der Waals surface area contributed by atoms with E-state index in [9.17, 15) is 4.39 Å². The highest BCUT2D eigenvalue weighted by Crippen LogP contribution is 2.33. The van der Waals surface area contributed by atoms with Gasteiger partial charge in [-0.25, -0.2) is 4.39 Å². The molecule has 0 saturated heterocycles. The third-order valence-corrected chi connectivity index (χ3v) is 4.54. The van der Waals surface area contributed by atoms with E-state index in [1.807, 2.05) is 51.1 Å². The molecule has 0 atom stereocenters. The highest BCUT2D eigenvalue weighted by Gasteiger charge is 2.27. The van der Waals surface area contributed by atoms with E-state index in [4.69, 9.17) is 9.93 Å². The first-order chi connectivity index (χ1) is 12.9. The van der Waals surface area contributed by atoms with Crippen LogP contribution in [-0.4, -0.2) is 17.7 Å². The molecule has 3 N–H and O–H groups in total. The number of hydrogen-bond donors (Lipinski definition) is 3. The number of rotatable bonds is 5. The molecular weight excluding hydrogens is 343 g/mol. The second-order valence-corrected chi connectivity index (χ2v) is 6.79. The van der Waals surface area contributed by atoms with Crippen molar-refractivity contribution < 1.29 is 8.91 Å². The Kier molecular flexibility index (Phi) is 5.26. The van der Waals surface area contributed by atoms with Crippen molar-refractivity contribution in [2.45, 2.75) is 26.2 Å². The third-order valence-electron chi connectivity index (χ3n) is 4.54. The molecule has 1 heterocycles. The van der Waals surface area contributed by atoms with E-state index in [0.29, 0.717) is 18.0 Å². The minimum atomic E-state index is -0.405. The van der Waals surface area contributed by atoms with Crippen molar-refractivity contribution in [2.24, 2.45) is 0 Å². The van der Waals surface area contributed by atoms with Crippen LogP contribution in [0.3, 0.4) is 0 Å². The minimum absolute atomic E-state index is 0.159. The van der Waals surface area contributed by atoms with Gasteiger partial charge < -0.3 is 9.84 Å². The zero-order valence-electron chi connectivity index (χ0n) is 15.6. The fraction of sp³-hybridized carbons (Fsp3) is 0.238. The van der Waals surface area contributed by atoms with Gasteiger partial charge in [0.25, 0.3) is 0 Å². The molecule has 3 aromatic rings. The molecule has 0 amide bonds. The van der Waals surface area contributed by atoms with E-state index in [1.165, 1.54) is 6.07 Å². The summed E-state index contributed by atoms with van der Waals surface area (Å²) in [6.45, 7) is 6.65. The maximum Gasteiger partial charge on any atom is 0.231 e. The number of benzene rings is 2. The monoisotopic (exact) mass is 366 g/mol. The van der Waals surface area contributed by atoms with Gasteiger partial charge >= 0.3 is 0 Å². The number of hydrogen-bond acceptors (Lipinski definition) is 3. The standard InChI is InChI=1S/C21H23FN4O/c1-4-24-20(23)25-19-13-18(26-27-19)21(2,3)15-11-9-14(10-12-15)16-7-5-6-8-17(16)22/h5-13H,4H2,1-3H3,(H3,23,24,25). The van der Waals surface area contributed by atoms with Crippen LogP contribution in [0.25, 0.3) is 11.1 Å². The lowest BCUT2D eigenvalue weighted by atomic mass is 9.81. The van der Waals surface area contributed by atoms with Crippen molar-refractivity contribution in [3.05, 3.63) is 71.7 Å². The summed E-state index contributed by atoms with van der Waals surface area (Å²) in [6, 6.07) is 16.3. The van der Waals surface area contributed by atoms with Gasteiger partial charge in [-0.1, -0.05) is 61.5 Å². The predicted octanol–water partition coefficient (Wildman–Crippen LogP) is 4.76. The lowest BCUT2D eigenvalue weighted by molar-refractivity contribution is 0.411. The van der Waals surface area contributed by atoms with Crippen LogP contribution in [0.15, 0.2) is 59.1 Å². The summed E-state index contributed by atoms with van der Waals surface area (Å²) < 4.78 is 19.3. The Balaban J connectivity index is 1.82. The lowest BCUT2D eigenvalue weighted by Gasteiger charge is -2.22. The van der Waals surface area contributed by atoms with E-state index < -0.39 is 5.41 Å². The van der Waals surface area contributed by atoms with E-state index in [-0.39, 0.29) is 11.8 Å². The van der Waals surface area contributed by atoms with Crippen molar-refractivity contribution in [3.63, 3.8) is 0 Å². The van der Waals surface area contributed by atoms with Gasteiger partial charge in [0.1, 0.15) is 5.82 Å². The Labute approximate surface area is 158 Å². The van der Waals surface area contributed by atoms with Crippen molar-refractivity contribution in [3.8, 4) is 11.1 Å². The molecule has 0 radical (unpaired) electrons. The topological polar surface area (TPSA) is 73.9 Å². The quantitative estimate of drug-likeness (QED) is 0.449. The molecule has 0 bridgehead atoms. The smallest absolute Gasteiger partial charge is 0.231 e. The molecule has 2 aromatic carbocycles. The van der Waals surface area contributed by atoms with Gasteiger partial charge in [0.2, 0.25) is 5.88 Å². The molecule has 6 heteroatoms. The molecule has 0 aliphatic rings. The molecule has 0 saturated carbocycles. The number of anilines is 1. The normalized spacial score (nSPS) is 11.3. The van der Waals surface area contributed by atoms with Gasteiger partial charge in [-0.15, -0.1) is 0 Å². The Morgan fingerprint density at radius 1 is 1.15 bits per heavy atom. The predicted molar refractivity (Wildman–Crippen MR) is 105 cm³/mol. The van der Waals surface area contributed by atoms with Crippen LogP contribution < -0.4 is 10.6 Å². The SMILES string of the molecule is CCNC(=N)Nc1cc(C(C)(C)c2ccc(-c3ccccc3F)cc2)no1. The Hall–Kier alpha value is -3.15. The van der Waals surface area contributed by atoms with E-state index in [1.54, 1.807) is 18.2 Å². The number of aromatic nitrogens is 1. The first-order valence-electron chi connectivity index (χ1n) is 8.84. The molecule has 140 valence electrons. The molecule has 0 aliphatic carbocycles. The van der Waals surface area contributed by atoms with Gasteiger partial charge in [-0.2, -0.15) is 0 Å². The zero-order valence-corrected chi connectivity index (χ0v) is 15.6. The highest BCUT2D eigenvalue weighted by atomic mass is 19.1.